The van der Waals surface area contributed by atoms with Crippen molar-refractivity contribution in [3.63, 3.8) is 0 Å². The molecule has 0 saturated carbocycles. The van der Waals surface area contributed by atoms with Gasteiger partial charge in [0.15, 0.2) is 11.5 Å². The highest BCUT2D eigenvalue weighted by molar-refractivity contribution is 5.45. The van der Waals surface area contributed by atoms with E-state index < -0.39 is 0 Å². The number of phenolic OH excluding ortho intramolecular Hbond substituents is 1. The Hall–Kier alpha value is -1.38. The van der Waals surface area contributed by atoms with Gasteiger partial charge in [-0.2, -0.15) is 0 Å². The van der Waals surface area contributed by atoms with Crippen LogP contribution in [0.4, 0.5) is 0 Å². The molecule has 2 aliphatic rings. The molecule has 0 unspecified atom stereocenters. The summed E-state index contributed by atoms with van der Waals surface area (Å²) < 4.78 is 9.99. The van der Waals surface area contributed by atoms with Crippen LogP contribution >= 0.6 is 0 Å². The van der Waals surface area contributed by atoms with E-state index in [0.29, 0.717) is 11.5 Å². The minimum Gasteiger partial charge on any atom is -0.504 e. The van der Waals surface area contributed by atoms with Crippen molar-refractivity contribution >= 4 is 0 Å². The second kappa shape index (κ2) is 1.80. The van der Waals surface area contributed by atoms with Crippen molar-refractivity contribution in [2.75, 3.05) is 6.79 Å². The fourth-order valence-electron chi connectivity index (χ4n) is 0.870. The van der Waals surface area contributed by atoms with Crippen LogP contribution in [0.2, 0.25) is 0 Å². The Morgan fingerprint density at radius 3 is 3.00 bits per heavy atom. The molecule has 3 nitrogen and oxygen atoms in total. The van der Waals surface area contributed by atoms with Crippen molar-refractivity contribution in [3.8, 4) is 17.2 Å². The van der Waals surface area contributed by atoms with Crippen molar-refractivity contribution in [3.05, 3.63) is 18.2 Å². The summed E-state index contributed by atoms with van der Waals surface area (Å²) in [7, 11) is 0. The van der Waals surface area contributed by atoms with Gasteiger partial charge in [-0.3, -0.25) is 0 Å². The first-order valence-electron chi connectivity index (χ1n) is 2.95. The van der Waals surface area contributed by atoms with Crippen molar-refractivity contribution < 1.29 is 14.6 Å². The molecule has 0 radical (unpaired) electrons. The first-order chi connectivity index (χ1) is 4.86. The normalized spacial score (nSPS) is 13.6. The van der Waals surface area contributed by atoms with Crippen LogP contribution in [0.25, 0.3) is 0 Å². The molecule has 2 aliphatic heterocycles. The maximum atomic E-state index is 9.13. The fourth-order valence-corrected chi connectivity index (χ4v) is 0.870. The van der Waals surface area contributed by atoms with Crippen LogP contribution in [0, 0.1) is 0 Å². The third-order valence-corrected chi connectivity index (χ3v) is 1.37. The zero-order valence-corrected chi connectivity index (χ0v) is 5.20. The van der Waals surface area contributed by atoms with Crippen LogP contribution in [-0.4, -0.2) is 11.9 Å². The van der Waals surface area contributed by atoms with E-state index in [1.165, 1.54) is 6.07 Å². The van der Waals surface area contributed by atoms with Gasteiger partial charge in [0, 0.05) is 6.07 Å². The van der Waals surface area contributed by atoms with Crippen LogP contribution in [0.15, 0.2) is 18.2 Å². The molecule has 10 heavy (non-hydrogen) atoms. The second-order valence-corrected chi connectivity index (χ2v) is 2.04. The molecule has 0 amide bonds. The Morgan fingerprint density at radius 1 is 1.30 bits per heavy atom. The Kier molecular flexibility index (Phi) is 0.974. The van der Waals surface area contributed by atoms with Crippen LogP contribution in [-0.2, 0) is 0 Å². The Balaban J connectivity index is 2.58. The molecule has 2 heterocycles. The quantitative estimate of drug-likeness (QED) is 0.583. The Bertz CT molecular complexity index is 257. The molecule has 3 heteroatoms. The fraction of sp³-hybridized carbons (Fsp3) is 0.143. The molecular weight excluding hydrogens is 132 g/mol. The van der Waals surface area contributed by atoms with Gasteiger partial charge in [-0.05, 0) is 12.1 Å². The number of hydrogen-bond donors (Lipinski definition) is 1. The summed E-state index contributed by atoms with van der Waals surface area (Å²) in [6.07, 6.45) is 0. The summed E-state index contributed by atoms with van der Waals surface area (Å²) in [6.45, 7) is 0.179. The first kappa shape index (κ1) is 5.41. The summed E-state index contributed by atoms with van der Waals surface area (Å²) in [5.41, 5.74) is 0. The molecular formula is C7H6O3. The lowest BCUT2D eigenvalue weighted by molar-refractivity contribution is 0.125. The van der Waals surface area contributed by atoms with E-state index in [1.54, 1.807) is 12.1 Å². The maximum Gasteiger partial charge on any atom is 0.231 e. The molecule has 3 rings (SSSR count). The van der Waals surface area contributed by atoms with Gasteiger partial charge in [-0.1, -0.05) is 0 Å². The van der Waals surface area contributed by atoms with Crippen LogP contribution in [0.3, 0.4) is 0 Å². The van der Waals surface area contributed by atoms with Gasteiger partial charge in [0.05, 0.1) is 0 Å². The lowest BCUT2D eigenvalue weighted by Gasteiger charge is -1.98. The van der Waals surface area contributed by atoms with Crippen LogP contribution in [0.5, 0.6) is 17.2 Å². The van der Waals surface area contributed by atoms with Gasteiger partial charge < -0.3 is 14.6 Å². The molecule has 52 valence electrons. The third kappa shape index (κ3) is 0.673. The van der Waals surface area contributed by atoms with Crippen molar-refractivity contribution in [2.24, 2.45) is 0 Å². The number of aromatic hydroxyl groups is 1. The highest BCUT2D eigenvalue weighted by Crippen LogP contribution is 2.32. The van der Waals surface area contributed by atoms with E-state index in [1.807, 2.05) is 0 Å². The van der Waals surface area contributed by atoms with E-state index in [2.05, 4.69) is 0 Å². The van der Waals surface area contributed by atoms with Gasteiger partial charge in [0.2, 0.25) is 6.79 Å². The van der Waals surface area contributed by atoms with Gasteiger partial charge in [0.25, 0.3) is 0 Å². The zero-order valence-electron chi connectivity index (χ0n) is 5.20. The van der Waals surface area contributed by atoms with Crippen LogP contribution < -0.4 is 9.47 Å². The molecule has 1 aromatic rings. The number of fused-ring (bicyclic) bond motifs is 4. The summed E-state index contributed by atoms with van der Waals surface area (Å²) in [5, 5.41) is 9.13. The van der Waals surface area contributed by atoms with Gasteiger partial charge in [0.1, 0.15) is 5.75 Å². The summed E-state index contributed by atoms with van der Waals surface area (Å²) in [5.74, 6) is 1.25. The molecule has 0 spiro atoms. The van der Waals surface area contributed by atoms with Crippen molar-refractivity contribution in [2.45, 2.75) is 0 Å². The number of phenols is 1. The van der Waals surface area contributed by atoms with Gasteiger partial charge >= 0.3 is 0 Å². The molecule has 0 saturated heterocycles. The Morgan fingerprint density at radius 2 is 2.20 bits per heavy atom. The van der Waals surface area contributed by atoms with Gasteiger partial charge in [-0.15, -0.1) is 0 Å². The monoisotopic (exact) mass is 138 g/mol. The lowest BCUT2D eigenvalue weighted by Crippen LogP contribution is -2.01. The molecule has 0 atom stereocenters. The van der Waals surface area contributed by atoms with E-state index in [-0.39, 0.29) is 12.5 Å². The summed E-state index contributed by atoms with van der Waals surface area (Å²) >= 11 is 0. The van der Waals surface area contributed by atoms with E-state index in [0.717, 1.165) is 0 Å². The second-order valence-electron chi connectivity index (χ2n) is 2.04. The van der Waals surface area contributed by atoms with Crippen molar-refractivity contribution in [1.29, 1.82) is 0 Å². The summed E-state index contributed by atoms with van der Waals surface area (Å²) in [6, 6.07) is 4.96. The smallest absolute Gasteiger partial charge is 0.231 e. The molecule has 1 aromatic carbocycles. The SMILES string of the molecule is Oc1cc2ccc1OCO2. The van der Waals surface area contributed by atoms with E-state index in [9.17, 15) is 0 Å². The predicted molar refractivity (Wildman–Crippen MR) is 34.2 cm³/mol. The lowest BCUT2D eigenvalue weighted by atomic mass is 10.3. The largest absolute Gasteiger partial charge is 0.504 e. The third-order valence-electron chi connectivity index (χ3n) is 1.37. The highest BCUT2D eigenvalue weighted by Gasteiger charge is 2.08. The molecule has 2 bridgehead atoms. The molecule has 1 N–H and O–H groups in total. The molecule has 0 aromatic heterocycles. The minimum absolute atomic E-state index is 0.134. The minimum atomic E-state index is 0.134. The van der Waals surface area contributed by atoms with Gasteiger partial charge in [-0.25, -0.2) is 0 Å². The number of hydrogen-bond acceptors (Lipinski definition) is 3. The van der Waals surface area contributed by atoms with Crippen molar-refractivity contribution in [1.82, 2.24) is 0 Å². The number of benzene rings is 1. The van der Waals surface area contributed by atoms with E-state index in [4.69, 9.17) is 14.6 Å². The predicted octanol–water partition coefficient (Wildman–Crippen LogP) is 1.12. The standard InChI is InChI=1S/C7H6O3/c8-6-3-5-1-2-7(6)10-4-9-5/h1-3,8H,4H2. The highest BCUT2D eigenvalue weighted by atomic mass is 16.7. The average molecular weight is 138 g/mol. The van der Waals surface area contributed by atoms with Crippen LogP contribution in [0.1, 0.15) is 0 Å². The maximum absolute atomic E-state index is 9.13. The first-order valence-corrected chi connectivity index (χ1v) is 2.95. The Labute approximate surface area is 57.8 Å². The number of ether oxygens (including phenoxy) is 2. The summed E-state index contributed by atoms with van der Waals surface area (Å²) in [4.78, 5) is 0. The number of rotatable bonds is 0. The average Bonchev–Trinajstić information content (AvgIpc) is 2.20. The topological polar surface area (TPSA) is 38.7 Å². The van der Waals surface area contributed by atoms with E-state index >= 15 is 0 Å². The molecule has 0 aliphatic carbocycles. The zero-order chi connectivity index (χ0) is 6.97. The molecule has 0 fully saturated rings.